The van der Waals surface area contributed by atoms with E-state index in [4.69, 9.17) is 10.5 Å². The van der Waals surface area contributed by atoms with Crippen LogP contribution in [-0.4, -0.2) is 15.5 Å². The number of nitrogens with two attached hydrogens (primary N) is 1. The Bertz CT molecular complexity index is 781. The van der Waals surface area contributed by atoms with Crippen LogP contribution in [0.5, 0.6) is 5.75 Å². The average Bonchev–Trinajstić information content (AvgIpc) is 2.41. The number of anilines is 2. The van der Waals surface area contributed by atoms with Gasteiger partial charge in [-0.15, -0.1) is 0 Å². The van der Waals surface area contributed by atoms with Gasteiger partial charge >= 0.3 is 0 Å². The molecule has 5 nitrogen and oxygen atoms in total. The fraction of sp³-hybridized carbons (Fsp3) is 0.0769. The highest BCUT2D eigenvalue weighted by Gasteiger charge is 2.18. The molecule has 0 spiro atoms. The molecule has 0 aliphatic heterocycles. The third-order valence-electron chi connectivity index (χ3n) is 2.65. The van der Waals surface area contributed by atoms with Crippen molar-refractivity contribution in [2.24, 2.45) is 0 Å². The van der Waals surface area contributed by atoms with Crippen LogP contribution in [-0.2, 0) is 10.0 Å². The van der Waals surface area contributed by atoms with Gasteiger partial charge in [0.2, 0.25) is 0 Å². The topological polar surface area (TPSA) is 81.4 Å². The van der Waals surface area contributed by atoms with E-state index in [0.717, 1.165) is 6.07 Å². The molecule has 2 rings (SSSR count). The third kappa shape index (κ3) is 3.45. The van der Waals surface area contributed by atoms with Crippen LogP contribution in [0.2, 0.25) is 0 Å². The first-order chi connectivity index (χ1) is 9.83. The second kappa shape index (κ2) is 5.90. The zero-order valence-corrected chi connectivity index (χ0v) is 13.3. The van der Waals surface area contributed by atoms with E-state index in [0.29, 0.717) is 10.2 Å². The molecule has 112 valence electrons. The minimum atomic E-state index is -3.89. The Morgan fingerprint density at radius 3 is 2.57 bits per heavy atom. The maximum atomic E-state index is 13.6. The maximum absolute atomic E-state index is 13.6. The molecule has 0 amide bonds. The number of ether oxygens (including phenoxy) is 1. The van der Waals surface area contributed by atoms with Crippen LogP contribution in [0.3, 0.4) is 0 Å². The molecule has 0 radical (unpaired) electrons. The van der Waals surface area contributed by atoms with Gasteiger partial charge in [-0.1, -0.05) is 0 Å². The summed E-state index contributed by atoms with van der Waals surface area (Å²) in [5.41, 5.74) is 5.98. The van der Waals surface area contributed by atoms with Crippen LogP contribution in [0.25, 0.3) is 0 Å². The van der Waals surface area contributed by atoms with Crippen molar-refractivity contribution in [1.82, 2.24) is 0 Å². The predicted molar refractivity (Wildman–Crippen MR) is 82.3 cm³/mol. The van der Waals surface area contributed by atoms with Crippen molar-refractivity contribution in [2.75, 3.05) is 17.6 Å². The van der Waals surface area contributed by atoms with Crippen LogP contribution >= 0.6 is 15.9 Å². The zero-order valence-electron chi connectivity index (χ0n) is 10.9. The highest BCUT2D eigenvalue weighted by molar-refractivity contribution is 9.10. The summed E-state index contributed by atoms with van der Waals surface area (Å²) in [7, 11) is -2.56. The highest BCUT2D eigenvalue weighted by Crippen LogP contribution is 2.27. The Morgan fingerprint density at radius 1 is 1.24 bits per heavy atom. The second-order valence-corrected chi connectivity index (χ2v) is 6.65. The molecule has 0 fully saturated rings. The van der Waals surface area contributed by atoms with E-state index in [9.17, 15) is 12.8 Å². The lowest BCUT2D eigenvalue weighted by atomic mass is 10.3. The molecular formula is C13H12BrFN2O3S. The van der Waals surface area contributed by atoms with Gasteiger partial charge in [0, 0.05) is 16.2 Å². The van der Waals surface area contributed by atoms with Crippen molar-refractivity contribution >= 4 is 37.3 Å². The van der Waals surface area contributed by atoms with Crippen LogP contribution in [0.15, 0.2) is 45.8 Å². The van der Waals surface area contributed by atoms with Gasteiger partial charge in [0.15, 0.2) is 11.6 Å². The SMILES string of the molecule is COc1ccc(NS(=O)(=O)c2cc(N)ccc2Br)cc1F. The molecule has 0 saturated heterocycles. The number of hydrogen-bond donors (Lipinski definition) is 2. The van der Waals surface area contributed by atoms with Crippen molar-refractivity contribution in [2.45, 2.75) is 4.90 Å². The Labute approximate surface area is 130 Å². The van der Waals surface area contributed by atoms with Gasteiger partial charge < -0.3 is 10.5 Å². The smallest absolute Gasteiger partial charge is 0.263 e. The Balaban J connectivity index is 2.37. The largest absolute Gasteiger partial charge is 0.494 e. The van der Waals surface area contributed by atoms with Crippen molar-refractivity contribution in [1.29, 1.82) is 0 Å². The van der Waals surface area contributed by atoms with Gasteiger partial charge in [-0.2, -0.15) is 0 Å². The van der Waals surface area contributed by atoms with Gasteiger partial charge in [0.05, 0.1) is 12.8 Å². The number of rotatable bonds is 4. The minimum absolute atomic E-state index is 0.0290. The lowest BCUT2D eigenvalue weighted by molar-refractivity contribution is 0.386. The molecule has 21 heavy (non-hydrogen) atoms. The fourth-order valence-electron chi connectivity index (χ4n) is 1.67. The normalized spacial score (nSPS) is 11.2. The highest BCUT2D eigenvalue weighted by atomic mass is 79.9. The van der Waals surface area contributed by atoms with E-state index in [-0.39, 0.29) is 16.3 Å². The van der Waals surface area contributed by atoms with E-state index in [1.165, 1.54) is 31.4 Å². The number of hydrogen-bond acceptors (Lipinski definition) is 4. The minimum Gasteiger partial charge on any atom is -0.494 e. The number of nitrogens with one attached hydrogen (secondary N) is 1. The van der Waals surface area contributed by atoms with E-state index in [1.54, 1.807) is 6.07 Å². The molecule has 0 atom stereocenters. The standard InChI is InChI=1S/C13H12BrFN2O3S/c1-20-12-5-3-9(7-11(12)15)17-21(18,19)13-6-8(16)2-4-10(13)14/h2-7,17H,16H2,1H3. The number of sulfonamides is 1. The third-order valence-corrected chi connectivity index (χ3v) is 5.02. The zero-order chi connectivity index (χ0) is 15.6. The Kier molecular flexibility index (Phi) is 4.38. The van der Waals surface area contributed by atoms with Gasteiger partial charge in [-0.25, -0.2) is 12.8 Å². The number of benzene rings is 2. The van der Waals surface area contributed by atoms with Crippen LogP contribution in [0.4, 0.5) is 15.8 Å². The molecule has 8 heteroatoms. The first-order valence-corrected chi connectivity index (χ1v) is 8.02. The quantitative estimate of drug-likeness (QED) is 0.806. The molecule has 0 aliphatic carbocycles. The summed E-state index contributed by atoms with van der Waals surface area (Å²) in [6, 6.07) is 8.18. The van der Waals surface area contributed by atoms with Gasteiger partial charge in [0.1, 0.15) is 4.90 Å². The summed E-state index contributed by atoms with van der Waals surface area (Å²) in [4.78, 5) is -0.0290. The number of methoxy groups -OCH3 is 1. The van der Waals surface area contributed by atoms with Crippen molar-refractivity contribution in [3.05, 3.63) is 46.7 Å². The molecule has 0 aromatic heterocycles. The monoisotopic (exact) mass is 374 g/mol. The van der Waals surface area contributed by atoms with E-state index >= 15 is 0 Å². The molecule has 0 unspecified atom stereocenters. The van der Waals surface area contributed by atoms with Crippen molar-refractivity contribution < 1.29 is 17.5 Å². The Morgan fingerprint density at radius 2 is 1.95 bits per heavy atom. The predicted octanol–water partition coefficient (Wildman–Crippen LogP) is 2.98. The van der Waals surface area contributed by atoms with Crippen LogP contribution < -0.4 is 15.2 Å². The molecule has 2 aromatic carbocycles. The number of nitrogen functional groups attached to an aromatic ring is 1. The maximum Gasteiger partial charge on any atom is 0.263 e. The summed E-state index contributed by atoms with van der Waals surface area (Å²) >= 11 is 3.15. The molecule has 0 aliphatic rings. The summed E-state index contributed by atoms with van der Waals surface area (Å²) in [5, 5.41) is 0. The van der Waals surface area contributed by atoms with Gasteiger partial charge in [0.25, 0.3) is 10.0 Å². The summed E-state index contributed by atoms with van der Waals surface area (Å²) < 4.78 is 45.6. The van der Waals surface area contributed by atoms with Crippen LogP contribution in [0.1, 0.15) is 0 Å². The van der Waals surface area contributed by atoms with E-state index in [2.05, 4.69) is 20.7 Å². The molecule has 0 bridgehead atoms. The van der Waals surface area contributed by atoms with Gasteiger partial charge in [-0.3, -0.25) is 4.72 Å². The van der Waals surface area contributed by atoms with Crippen molar-refractivity contribution in [3.63, 3.8) is 0 Å². The second-order valence-electron chi connectivity index (χ2n) is 4.14. The first-order valence-electron chi connectivity index (χ1n) is 5.75. The summed E-state index contributed by atoms with van der Waals surface area (Å²) in [5.74, 6) is -0.632. The van der Waals surface area contributed by atoms with E-state index < -0.39 is 15.8 Å². The first kappa shape index (κ1) is 15.6. The average molecular weight is 375 g/mol. The van der Waals surface area contributed by atoms with E-state index in [1.807, 2.05) is 0 Å². The summed E-state index contributed by atoms with van der Waals surface area (Å²) in [6.45, 7) is 0. The lowest BCUT2D eigenvalue weighted by Gasteiger charge is -2.11. The molecule has 0 heterocycles. The molecule has 3 N–H and O–H groups in total. The van der Waals surface area contributed by atoms with Crippen LogP contribution in [0, 0.1) is 5.82 Å². The molecule has 2 aromatic rings. The molecular weight excluding hydrogens is 363 g/mol. The molecule has 0 saturated carbocycles. The number of halogens is 2. The summed E-state index contributed by atoms with van der Waals surface area (Å²) in [6.07, 6.45) is 0. The lowest BCUT2D eigenvalue weighted by Crippen LogP contribution is -2.14. The van der Waals surface area contributed by atoms with Crippen molar-refractivity contribution in [3.8, 4) is 5.75 Å². The van der Waals surface area contributed by atoms with Gasteiger partial charge in [-0.05, 0) is 46.3 Å². The Hall–Kier alpha value is -1.80. The fourth-order valence-corrected chi connectivity index (χ4v) is 3.72.